The van der Waals surface area contributed by atoms with E-state index in [1.165, 1.54) is 14.2 Å². The van der Waals surface area contributed by atoms with Gasteiger partial charge in [0, 0.05) is 11.1 Å². The molecule has 7 heteroatoms. The normalized spacial score (nSPS) is 11.4. The SMILES string of the molecule is COc1ccccc1-c1nc(C(F)(F)F)[nH]c1-c1ccccc1OC. The van der Waals surface area contributed by atoms with E-state index in [1.54, 1.807) is 48.5 Å². The summed E-state index contributed by atoms with van der Waals surface area (Å²) in [5, 5.41) is 0. The number of aromatic nitrogens is 2. The summed E-state index contributed by atoms with van der Waals surface area (Å²) >= 11 is 0. The third-order valence-corrected chi connectivity index (χ3v) is 3.71. The van der Waals surface area contributed by atoms with Crippen molar-refractivity contribution < 1.29 is 22.6 Å². The number of halogens is 3. The number of methoxy groups -OCH3 is 2. The summed E-state index contributed by atoms with van der Waals surface area (Å²) in [7, 11) is 2.92. The lowest BCUT2D eigenvalue weighted by molar-refractivity contribution is -0.144. The predicted octanol–water partition coefficient (Wildman–Crippen LogP) is 4.78. The second kappa shape index (κ2) is 6.51. The molecule has 0 bridgehead atoms. The fourth-order valence-corrected chi connectivity index (χ4v) is 2.59. The molecule has 3 rings (SSSR count). The molecule has 0 aliphatic rings. The van der Waals surface area contributed by atoms with E-state index in [4.69, 9.17) is 9.47 Å². The average molecular weight is 348 g/mol. The van der Waals surface area contributed by atoms with Gasteiger partial charge in [0.15, 0.2) is 0 Å². The smallest absolute Gasteiger partial charge is 0.449 e. The summed E-state index contributed by atoms with van der Waals surface area (Å²) in [4.78, 5) is 6.19. The molecule has 3 aromatic rings. The number of para-hydroxylation sites is 2. The summed E-state index contributed by atoms with van der Waals surface area (Å²) in [6, 6.07) is 13.6. The molecule has 130 valence electrons. The Kier molecular flexibility index (Phi) is 4.39. The topological polar surface area (TPSA) is 47.1 Å². The first-order chi connectivity index (χ1) is 12.0. The maximum atomic E-state index is 13.2. The maximum Gasteiger partial charge on any atom is 0.449 e. The largest absolute Gasteiger partial charge is 0.496 e. The number of hydrogen-bond acceptors (Lipinski definition) is 3. The van der Waals surface area contributed by atoms with Crippen molar-refractivity contribution in [3.8, 4) is 34.0 Å². The van der Waals surface area contributed by atoms with Crippen molar-refractivity contribution in [1.82, 2.24) is 9.97 Å². The van der Waals surface area contributed by atoms with Gasteiger partial charge < -0.3 is 14.5 Å². The zero-order chi connectivity index (χ0) is 18.0. The van der Waals surface area contributed by atoms with Gasteiger partial charge in [-0.25, -0.2) is 4.98 Å². The Morgan fingerprint density at radius 2 is 1.36 bits per heavy atom. The van der Waals surface area contributed by atoms with Gasteiger partial charge >= 0.3 is 6.18 Å². The molecule has 0 fully saturated rings. The van der Waals surface area contributed by atoms with Crippen LogP contribution in [0.4, 0.5) is 13.2 Å². The molecule has 1 aromatic heterocycles. The highest BCUT2D eigenvalue weighted by Gasteiger charge is 2.36. The summed E-state index contributed by atoms with van der Waals surface area (Å²) in [5.74, 6) is -0.204. The Morgan fingerprint density at radius 3 is 1.92 bits per heavy atom. The summed E-state index contributed by atoms with van der Waals surface area (Å²) in [5.41, 5.74) is 1.30. The summed E-state index contributed by atoms with van der Waals surface area (Å²) in [6.45, 7) is 0. The molecule has 0 aliphatic carbocycles. The van der Waals surface area contributed by atoms with E-state index in [0.29, 0.717) is 22.6 Å². The first-order valence-corrected chi connectivity index (χ1v) is 7.39. The number of rotatable bonds is 4. The van der Waals surface area contributed by atoms with Crippen LogP contribution in [-0.4, -0.2) is 24.2 Å². The van der Waals surface area contributed by atoms with Crippen LogP contribution in [0.1, 0.15) is 5.82 Å². The molecule has 0 spiro atoms. The third kappa shape index (κ3) is 3.17. The van der Waals surface area contributed by atoms with Gasteiger partial charge in [0.05, 0.1) is 19.9 Å². The highest BCUT2D eigenvalue weighted by Crippen LogP contribution is 2.41. The first kappa shape index (κ1) is 16.9. The highest BCUT2D eigenvalue weighted by molar-refractivity contribution is 5.84. The molecule has 25 heavy (non-hydrogen) atoms. The minimum Gasteiger partial charge on any atom is -0.496 e. The number of imidazole rings is 1. The molecule has 4 nitrogen and oxygen atoms in total. The molecule has 2 aromatic carbocycles. The van der Waals surface area contributed by atoms with E-state index < -0.39 is 12.0 Å². The standard InChI is InChI=1S/C18H15F3N2O2/c1-24-13-9-5-3-7-11(13)15-16(23-17(22-15)18(19,20)21)12-8-4-6-10-14(12)25-2/h3-10H,1-2H3,(H,22,23). The van der Waals surface area contributed by atoms with Crippen LogP contribution in [0.3, 0.4) is 0 Å². The van der Waals surface area contributed by atoms with Crippen molar-refractivity contribution >= 4 is 0 Å². The van der Waals surface area contributed by atoms with Crippen LogP contribution >= 0.6 is 0 Å². The van der Waals surface area contributed by atoms with Crippen molar-refractivity contribution in [2.75, 3.05) is 14.2 Å². The molecule has 0 saturated carbocycles. The van der Waals surface area contributed by atoms with Gasteiger partial charge in [0.1, 0.15) is 17.2 Å². The van der Waals surface area contributed by atoms with E-state index in [-0.39, 0.29) is 11.4 Å². The Labute approximate surface area is 142 Å². The maximum absolute atomic E-state index is 13.2. The number of benzene rings is 2. The minimum absolute atomic E-state index is 0.147. The molecule has 0 amide bonds. The second-order valence-electron chi connectivity index (χ2n) is 5.21. The third-order valence-electron chi connectivity index (χ3n) is 3.71. The Hall–Kier alpha value is -2.96. The van der Waals surface area contributed by atoms with Gasteiger partial charge in [-0.15, -0.1) is 0 Å². The van der Waals surface area contributed by atoms with Gasteiger partial charge in [-0.3, -0.25) is 0 Å². The monoisotopic (exact) mass is 348 g/mol. The number of nitrogens with zero attached hydrogens (tertiary/aromatic N) is 1. The molecule has 0 radical (unpaired) electrons. The van der Waals surface area contributed by atoms with Gasteiger partial charge in [0.25, 0.3) is 0 Å². The molecule has 1 heterocycles. The van der Waals surface area contributed by atoms with Crippen molar-refractivity contribution in [1.29, 1.82) is 0 Å². The summed E-state index contributed by atoms with van der Waals surface area (Å²) in [6.07, 6.45) is -4.60. The molecular formula is C18H15F3N2O2. The van der Waals surface area contributed by atoms with E-state index in [9.17, 15) is 13.2 Å². The zero-order valence-electron chi connectivity index (χ0n) is 13.5. The van der Waals surface area contributed by atoms with E-state index in [2.05, 4.69) is 9.97 Å². The molecule has 0 saturated heterocycles. The first-order valence-electron chi connectivity index (χ1n) is 7.39. The van der Waals surface area contributed by atoms with Crippen LogP contribution in [0.15, 0.2) is 48.5 Å². The van der Waals surface area contributed by atoms with Crippen LogP contribution in [0.2, 0.25) is 0 Å². The van der Waals surface area contributed by atoms with Gasteiger partial charge in [-0.1, -0.05) is 24.3 Å². The lowest BCUT2D eigenvalue weighted by atomic mass is 10.0. The van der Waals surface area contributed by atoms with E-state index in [0.717, 1.165) is 0 Å². The Bertz CT molecular complexity index is 823. The van der Waals surface area contributed by atoms with Crippen LogP contribution in [0, 0.1) is 0 Å². The van der Waals surface area contributed by atoms with Gasteiger partial charge in [-0.2, -0.15) is 13.2 Å². The fourth-order valence-electron chi connectivity index (χ4n) is 2.59. The van der Waals surface area contributed by atoms with Crippen LogP contribution in [0.5, 0.6) is 11.5 Å². The summed E-state index contributed by atoms with van der Waals surface area (Å²) < 4.78 is 50.2. The molecule has 0 atom stereocenters. The number of H-pyrrole nitrogens is 1. The van der Waals surface area contributed by atoms with Crippen LogP contribution in [0.25, 0.3) is 22.5 Å². The quantitative estimate of drug-likeness (QED) is 0.738. The van der Waals surface area contributed by atoms with E-state index >= 15 is 0 Å². The Balaban J connectivity index is 2.29. The highest BCUT2D eigenvalue weighted by atomic mass is 19.4. The van der Waals surface area contributed by atoms with Crippen LogP contribution < -0.4 is 9.47 Å². The van der Waals surface area contributed by atoms with Crippen molar-refractivity contribution in [3.05, 3.63) is 54.4 Å². The molecule has 1 N–H and O–H groups in total. The number of aromatic amines is 1. The molecule has 0 aliphatic heterocycles. The lowest BCUT2D eigenvalue weighted by Crippen LogP contribution is -2.07. The average Bonchev–Trinajstić information content (AvgIpc) is 3.07. The second-order valence-corrected chi connectivity index (χ2v) is 5.21. The van der Waals surface area contributed by atoms with Crippen molar-refractivity contribution in [2.45, 2.75) is 6.18 Å². The van der Waals surface area contributed by atoms with Crippen molar-refractivity contribution in [3.63, 3.8) is 0 Å². The zero-order valence-corrected chi connectivity index (χ0v) is 13.5. The van der Waals surface area contributed by atoms with Crippen LogP contribution in [-0.2, 0) is 6.18 Å². The van der Waals surface area contributed by atoms with E-state index in [1.807, 2.05) is 0 Å². The molecule has 0 unspecified atom stereocenters. The van der Waals surface area contributed by atoms with Crippen molar-refractivity contribution in [2.24, 2.45) is 0 Å². The number of nitrogens with one attached hydrogen (secondary N) is 1. The predicted molar refractivity (Wildman–Crippen MR) is 87.6 cm³/mol. The number of hydrogen-bond donors (Lipinski definition) is 1. The minimum atomic E-state index is -4.60. The van der Waals surface area contributed by atoms with Gasteiger partial charge in [0.2, 0.25) is 5.82 Å². The fraction of sp³-hybridized carbons (Fsp3) is 0.167. The van der Waals surface area contributed by atoms with Gasteiger partial charge in [-0.05, 0) is 24.3 Å². The Morgan fingerprint density at radius 1 is 0.840 bits per heavy atom. The number of alkyl halides is 3. The molecular weight excluding hydrogens is 333 g/mol. The number of ether oxygens (including phenoxy) is 2. The lowest BCUT2D eigenvalue weighted by Gasteiger charge is -2.10.